The van der Waals surface area contributed by atoms with Gasteiger partial charge >= 0.3 is 0 Å². The molecule has 1 aliphatic rings. The van der Waals surface area contributed by atoms with Crippen LogP contribution in [0.5, 0.6) is 0 Å². The van der Waals surface area contributed by atoms with Crippen LogP contribution in [0.1, 0.15) is 67.5 Å². The fourth-order valence-corrected chi connectivity index (χ4v) is 4.63. The lowest BCUT2D eigenvalue weighted by Gasteiger charge is -2.14. The molecular weight excluding hydrogens is 490 g/mol. The van der Waals surface area contributed by atoms with E-state index in [1.165, 1.54) is 0 Å². The molecule has 1 aliphatic heterocycles. The summed E-state index contributed by atoms with van der Waals surface area (Å²) in [6.07, 6.45) is 1.64. The Labute approximate surface area is 222 Å². The Morgan fingerprint density at radius 2 is 1.89 bits per heavy atom. The van der Waals surface area contributed by atoms with Crippen LogP contribution in [0, 0.1) is 6.92 Å². The zero-order valence-electron chi connectivity index (χ0n) is 21.5. The van der Waals surface area contributed by atoms with Gasteiger partial charge in [0, 0.05) is 48.7 Å². The van der Waals surface area contributed by atoms with Crippen LogP contribution in [0.25, 0.3) is 5.69 Å². The Kier molecular flexibility index (Phi) is 8.84. The number of carbonyl (C=O) groups excluding carboxylic acids is 2. The highest BCUT2D eigenvalue weighted by atomic mass is 35.5. The smallest absolute Gasteiger partial charge is 0.222 e. The predicted octanol–water partition coefficient (Wildman–Crippen LogP) is 4.58. The highest BCUT2D eigenvalue weighted by molar-refractivity contribution is 6.30. The third kappa shape index (κ3) is 6.32. The molecule has 9 heteroatoms. The maximum absolute atomic E-state index is 12.7. The van der Waals surface area contributed by atoms with Gasteiger partial charge in [-0.15, -0.1) is 10.2 Å². The average Bonchev–Trinajstić information content (AvgIpc) is 3.20. The fourth-order valence-electron chi connectivity index (χ4n) is 4.50. The van der Waals surface area contributed by atoms with Gasteiger partial charge in [-0.05, 0) is 57.0 Å². The molecule has 0 aliphatic carbocycles. The van der Waals surface area contributed by atoms with Gasteiger partial charge in [0.2, 0.25) is 5.91 Å². The van der Waals surface area contributed by atoms with E-state index in [4.69, 9.17) is 21.3 Å². The first kappa shape index (κ1) is 26.7. The molecule has 1 aromatic heterocycles. The van der Waals surface area contributed by atoms with E-state index in [2.05, 4.69) is 15.5 Å². The number of nitrogens with zero attached hydrogens (tertiary/aromatic N) is 4. The van der Waals surface area contributed by atoms with Crippen molar-refractivity contribution >= 4 is 29.0 Å². The predicted molar refractivity (Wildman–Crippen MR) is 144 cm³/mol. The topological polar surface area (TPSA) is 98.5 Å². The van der Waals surface area contributed by atoms with Crippen LogP contribution in [0.2, 0.25) is 5.02 Å². The van der Waals surface area contributed by atoms with Crippen LogP contribution in [0.3, 0.4) is 0 Å². The minimum atomic E-state index is -0.533. The van der Waals surface area contributed by atoms with Gasteiger partial charge in [0.15, 0.2) is 5.82 Å². The van der Waals surface area contributed by atoms with Crippen LogP contribution >= 0.6 is 11.6 Å². The Bertz CT molecular complexity index is 1300. The van der Waals surface area contributed by atoms with Crippen molar-refractivity contribution in [3.05, 3.63) is 75.8 Å². The van der Waals surface area contributed by atoms with Crippen LogP contribution in [-0.2, 0) is 20.7 Å². The van der Waals surface area contributed by atoms with E-state index >= 15 is 0 Å². The number of aryl methyl sites for hydroxylation is 1. The number of ketones is 1. The summed E-state index contributed by atoms with van der Waals surface area (Å²) in [7, 11) is 0. The Morgan fingerprint density at radius 1 is 1.11 bits per heavy atom. The van der Waals surface area contributed by atoms with Crippen molar-refractivity contribution < 1.29 is 14.3 Å². The van der Waals surface area contributed by atoms with Crippen molar-refractivity contribution in [1.82, 2.24) is 20.1 Å². The number of hydrogen-bond acceptors (Lipinski definition) is 6. The normalized spacial score (nSPS) is 14.4. The number of rotatable bonds is 11. The van der Waals surface area contributed by atoms with Gasteiger partial charge < -0.3 is 10.1 Å². The molecule has 0 bridgehead atoms. The van der Waals surface area contributed by atoms with Gasteiger partial charge in [0.05, 0.1) is 17.8 Å². The van der Waals surface area contributed by atoms with Crippen molar-refractivity contribution in [2.45, 2.75) is 52.5 Å². The van der Waals surface area contributed by atoms with Crippen molar-refractivity contribution in [3.63, 3.8) is 0 Å². The summed E-state index contributed by atoms with van der Waals surface area (Å²) in [5.41, 5.74) is 4.19. The van der Waals surface area contributed by atoms with E-state index in [-0.39, 0.29) is 18.1 Å². The summed E-state index contributed by atoms with van der Waals surface area (Å²) in [4.78, 5) is 30.4. The maximum atomic E-state index is 12.7. The summed E-state index contributed by atoms with van der Waals surface area (Å²) in [6, 6.07) is 12.9. The second kappa shape index (κ2) is 12.3. The monoisotopic (exact) mass is 521 g/mol. The maximum Gasteiger partial charge on any atom is 0.222 e. The molecular formula is C28H32ClN5O3. The molecule has 1 N–H and O–H groups in total. The number of ether oxygens (including phenoxy) is 1. The molecule has 37 heavy (non-hydrogen) atoms. The molecule has 0 unspecified atom stereocenters. The van der Waals surface area contributed by atoms with Gasteiger partial charge in [0.1, 0.15) is 17.6 Å². The van der Waals surface area contributed by atoms with Gasteiger partial charge in [0.25, 0.3) is 0 Å². The zero-order chi connectivity index (χ0) is 26.4. The van der Waals surface area contributed by atoms with E-state index in [1.807, 2.05) is 67.8 Å². The SMILES string of the molecule is CCNC(=O)C[C@@H]1N=C(c2ccc(Cl)cc2)c2cc(CC(=O)CCCOCC)ccc2-n2c(C)nnc21. The first-order chi connectivity index (χ1) is 17.9. The van der Waals surface area contributed by atoms with Crippen molar-refractivity contribution in [1.29, 1.82) is 0 Å². The largest absolute Gasteiger partial charge is 0.382 e. The van der Waals surface area contributed by atoms with Gasteiger partial charge in [-0.25, -0.2) is 0 Å². The number of hydrogen-bond donors (Lipinski definition) is 1. The quantitative estimate of drug-likeness (QED) is 0.372. The number of benzene rings is 2. The Morgan fingerprint density at radius 3 is 2.62 bits per heavy atom. The van der Waals surface area contributed by atoms with Crippen molar-refractivity contribution in [3.8, 4) is 5.69 Å². The number of fused-ring (bicyclic) bond motifs is 3. The fraction of sp³-hybridized carbons (Fsp3) is 0.393. The highest BCUT2D eigenvalue weighted by Gasteiger charge is 2.30. The summed E-state index contributed by atoms with van der Waals surface area (Å²) in [5, 5.41) is 12.2. The van der Waals surface area contributed by atoms with Crippen LogP contribution in [-0.4, -0.2) is 51.9 Å². The molecule has 0 saturated heterocycles. The third-order valence-corrected chi connectivity index (χ3v) is 6.46. The Balaban J connectivity index is 1.78. The molecule has 1 amide bonds. The molecule has 0 fully saturated rings. The number of amides is 1. The minimum Gasteiger partial charge on any atom is -0.382 e. The second-order valence-corrected chi connectivity index (χ2v) is 9.40. The molecule has 194 valence electrons. The first-order valence-electron chi connectivity index (χ1n) is 12.7. The molecule has 4 rings (SSSR count). The average molecular weight is 522 g/mol. The van der Waals surface area contributed by atoms with Crippen LogP contribution < -0.4 is 5.32 Å². The standard InChI is InChI=1S/C28H32ClN5O3/c1-4-30-26(36)17-24-28-33-32-18(3)34(28)25-13-8-19(15-22(35)7-6-14-37-5-2)16-23(25)27(31-24)20-9-11-21(29)12-10-20/h8-13,16,24H,4-7,14-15,17H2,1-3H3,(H,30,36)/t24-/m0/s1. The third-order valence-electron chi connectivity index (χ3n) is 6.21. The van der Waals surface area contributed by atoms with E-state index in [0.717, 1.165) is 28.1 Å². The highest BCUT2D eigenvalue weighted by Crippen LogP contribution is 2.33. The molecule has 8 nitrogen and oxygen atoms in total. The summed E-state index contributed by atoms with van der Waals surface area (Å²) in [5.74, 6) is 1.36. The lowest BCUT2D eigenvalue weighted by Crippen LogP contribution is -2.25. The number of carbonyl (C=O) groups is 2. The summed E-state index contributed by atoms with van der Waals surface area (Å²) in [6.45, 7) is 7.48. The number of aliphatic imine (C=N–C) groups is 1. The number of Topliss-reactive ketones (excluding diaryl/α,β-unsaturated/α-hetero) is 1. The molecule has 1 atom stereocenters. The van der Waals surface area contributed by atoms with Crippen LogP contribution in [0.15, 0.2) is 47.5 Å². The van der Waals surface area contributed by atoms with Crippen molar-refractivity contribution in [2.75, 3.05) is 19.8 Å². The summed E-state index contributed by atoms with van der Waals surface area (Å²) >= 11 is 6.17. The lowest BCUT2D eigenvalue weighted by atomic mass is 9.96. The number of nitrogens with one attached hydrogen (secondary N) is 1. The van der Waals surface area contributed by atoms with E-state index < -0.39 is 6.04 Å². The molecule has 0 spiro atoms. The van der Waals surface area contributed by atoms with E-state index in [1.54, 1.807) is 0 Å². The van der Waals surface area contributed by atoms with Crippen LogP contribution in [0.4, 0.5) is 0 Å². The lowest BCUT2D eigenvalue weighted by molar-refractivity contribution is -0.121. The number of aromatic nitrogens is 3. The molecule has 0 radical (unpaired) electrons. The molecule has 2 aromatic carbocycles. The zero-order valence-corrected chi connectivity index (χ0v) is 22.2. The number of halogens is 1. The summed E-state index contributed by atoms with van der Waals surface area (Å²) < 4.78 is 7.32. The van der Waals surface area contributed by atoms with E-state index in [0.29, 0.717) is 55.7 Å². The van der Waals surface area contributed by atoms with Gasteiger partial charge in [-0.3, -0.25) is 19.1 Å². The molecule has 2 heterocycles. The minimum absolute atomic E-state index is 0.108. The Hall–Kier alpha value is -3.36. The van der Waals surface area contributed by atoms with Gasteiger partial charge in [-0.1, -0.05) is 29.8 Å². The van der Waals surface area contributed by atoms with Gasteiger partial charge in [-0.2, -0.15) is 0 Å². The van der Waals surface area contributed by atoms with Crippen molar-refractivity contribution in [2.24, 2.45) is 4.99 Å². The first-order valence-corrected chi connectivity index (χ1v) is 13.0. The van der Waals surface area contributed by atoms with E-state index in [9.17, 15) is 9.59 Å². The second-order valence-electron chi connectivity index (χ2n) is 8.97. The molecule has 3 aromatic rings. The molecule has 0 saturated carbocycles.